The fraction of sp³-hybridized carbons (Fsp3) is 0.250. The minimum atomic E-state index is -4.45. The van der Waals surface area contributed by atoms with Crippen LogP contribution in [0.5, 0.6) is 0 Å². The average molecular weight is 408 g/mol. The van der Waals surface area contributed by atoms with E-state index in [0.29, 0.717) is 5.56 Å². The second-order valence-corrected chi connectivity index (χ2v) is 5.84. The van der Waals surface area contributed by atoms with E-state index in [1.165, 1.54) is 25.1 Å². The van der Waals surface area contributed by atoms with Gasteiger partial charge in [-0.25, -0.2) is 4.79 Å². The molecule has 2 rings (SSSR count). The molecule has 0 saturated heterocycles. The third-order valence-corrected chi connectivity index (χ3v) is 3.77. The van der Waals surface area contributed by atoms with Crippen molar-refractivity contribution in [3.63, 3.8) is 0 Å². The molecule has 29 heavy (non-hydrogen) atoms. The summed E-state index contributed by atoms with van der Waals surface area (Å²) in [6.07, 6.45) is -4.45. The van der Waals surface area contributed by atoms with Gasteiger partial charge in [-0.15, -0.1) is 0 Å². The molecule has 0 spiro atoms. The van der Waals surface area contributed by atoms with Crippen molar-refractivity contribution < 1.29 is 32.6 Å². The number of halogens is 3. The van der Waals surface area contributed by atoms with Crippen LogP contribution in [0.1, 0.15) is 36.1 Å². The highest BCUT2D eigenvalue weighted by molar-refractivity contribution is 6.42. The Bertz CT molecular complexity index is 911. The average Bonchev–Trinajstić information content (AvgIpc) is 2.71. The summed E-state index contributed by atoms with van der Waals surface area (Å²) in [5, 5.41) is 11.8. The van der Waals surface area contributed by atoms with E-state index in [1.54, 1.807) is 25.1 Å². The predicted molar refractivity (Wildman–Crippen MR) is 99.4 cm³/mol. The van der Waals surface area contributed by atoms with Gasteiger partial charge in [0.15, 0.2) is 5.71 Å². The fourth-order valence-electron chi connectivity index (χ4n) is 2.33. The van der Waals surface area contributed by atoms with Gasteiger partial charge in [-0.1, -0.05) is 41.6 Å². The van der Waals surface area contributed by atoms with Gasteiger partial charge >= 0.3 is 12.1 Å². The SMILES string of the molecule is CCOOC(=O)C(=N)c1ccccc1CO/N=C(/C)c1cccc(C(F)(F)F)c1. The van der Waals surface area contributed by atoms with Crippen molar-refractivity contribution in [2.24, 2.45) is 5.16 Å². The summed E-state index contributed by atoms with van der Waals surface area (Å²) in [4.78, 5) is 26.1. The van der Waals surface area contributed by atoms with Crippen molar-refractivity contribution in [2.45, 2.75) is 26.6 Å². The quantitative estimate of drug-likeness (QED) is 0.396. The lowest BCUT2D eigenvalue weighted by Gasteiger charge is -2.10. The lowest BCUT2D eigenvalue weighted by atomic mass is 10.0. The summed E-state index contributed by atoms with van der Waals surface area (Å²) in [6.45, 7) is 3.19. The molecule has 2 aromatic rings. The minimum absolute atomic E-state index is 0.100. The van der Waals surface area contributed by atoms with Crippen molar-refractivity contribution in [2.75, 3.05) is 6.61 Å². The highest BCUT2D eigenvalue weighted by atomic mass is 19.4. The van der Waals surface area contributed by atoms with Gasteiger partial charge in [-0.2, -0.15) is 18.1 Å². The van der Waals surface area contributed by atoms with Crippen molar-refractivity contribution in [3.8, 4) is 0 Å². The van der Waals surface area contributed by atoms with Crippen LogP contribution in [0, 0.1) is 5.41 Å². The first kappa shape index (κ1) is 22.1. The van der Waals surface area contributed by atoms with Crippen LogP contribution in [0.2, 0.25) is 0 Å². The number of carbonyl (C=O) groups excluding carboxylic acids is 1. The number of oxime groups is 1. The normalized spacial score (nSPS) is 11.8. The van der Waals surface area contributed by atoms with Gasteiger partial charge in [0.2, 0.25) is 0 Å². The molecule has 0 aliphatic rings. The zero-order valence-corrected chi connectivity index (χ0v) is 15.7. The van der Waals surface area contributed by atoms with Crippen LogP contribution >= 0.6 is 0 Å². The highest BCUT2D eigenvalue weighted by Crippen LogP contribution is 2.29. The van der Waals surface area contributed by atoms with E-state index in [4.69, 9.17) is 10.2 Å². The van der Waals surface area contributed by atoms with E-state index in [9.17, 15) is 18.0 Å². The monoisotopic (exact) mass is 408 g/mol. The summed E-state index contributed by atoms with van der Waals surface area (Å²) in [5.74, 6) is -0.956. The fourth-order valence-corrected chi connectivity index (χ4v) is 2.33. The van der Waals surface area contributed by atoms with Crippen molar-refractivity contribution >= 4 is 17.4 Å². The number of rotatable bonds is 8. The van der Waals surface area contributed by atoms with Gasteiger partial charge in [-0.3, -0.25) is 10.3 Å². The second-order valence-electron chi connectivity index (χ2n) is 5.84. The summed E-state index contributed by atoms with van der Waals surface area (Å²) in [6, 6.07) is 11.2. The maximum Gasteiger partial charge on any atom is 0.416 e. The van der Waals surface area contributed by atoms with E-state index in [-0.39, 0.29) is 30.1 Å². The van der Waals surface area contributed by atoms with E-state index in [2.05, 4.69) is 14.9 Å². The lowest BCUT2D eigenvalue weighted by Crippen LogP contribution is -2.19. The second kappa shape index (κ2) is 9.83. The minimum Gasteiger partial charge on any atom is -0.391 e. The van der Waals surface area contributed by atoms with Crippen LogP contribution in [-0.2, 0) is 32.2 Å². The topological polar surface area (TPSA) is 81.0 Å². The molecule has 0 radical (unpaired) electrons. The van der Waals surface area contributed by atoms with Gasteiger partial charge in [-0.05, 0) is 31.5 Å². The molecule has 0 unspecified atom stereocenters. The predicted octanol–water partition coefficient (Wildman–Crippen LogP) is 4.51. The number of alkyl halides is 3. The van der Waals surface area contributed by atoms with Crippen molar-refractivity contribution in [3.05, 3.63) is 70.8 Å². The molecule has 0 atom stereocenters. The van der Waals surface area contributed by atoms with Crippen LogP contribution in [-0.4, -0.2) is 24.0 Å². The van der Waals surface area contributed by atoms with Crippen LogP contribution < -0.4 is 0 Å². The summed E-state index contributed by atoms with van der Waals surface area (Å²) in [7, 11) is 0. The molecule has 1 N–H and O–H groups in total. The summed E-state index contributed by atoms with van der Waals surface area (Å²) in [5.41, 5.74) is 0.0589. The molecule has 6 nitrogen and oxygen atoms in total. The number of nitrogens with one attached hydrogen (secondary N) is 1. The van der Waals surface area contributed by atoms with Crippen LogP contribution in [0.3, 0.4) is 0 Å². The van der Waals surface area contributed by atoms with Crippen LogP contribution in [0.25, 0.3) is 0 Å². The Morgan fingerprint density at radius 1 is 1.14 bits per heavy atom. The standard InChI is InChI=1S/C20H19F3N2O4/c1-3-28-29-19(26)18(24)17-10-5-4-7-15(17)12-27-25-13(2)14-8-6-9-16(11-14)20(21,22)23/h4-11,24H,3,12H2,1-2H3/b24-18?,25-13-. The number of benzene rings is 2. The molecule has 2 aromatic carbocycles. The molecule has 0 bridgehead atoms. The van der Waals surface area contributed by atoms with E-state index in [0.717, 1.165) is 12.1 Å². The molecule has 0 aliphatic carbocycles. The Hall–Kier alpha value is -3.20. The first-order valence-electron chi connectivity index (χ1n) is 8.58. The molecule has 0 saturated carbocycles. The molecule has 0 fully saturated rings. The van der Waals surface area contributed by atoms with E-state index >= 15 is 0 Å². The lowest BCUT2D eigenvalue weighted by molar-refractivity contribution is -0.262. The molecule has 0 aromatic heterocycles. The number of hydrogen-bond acceptors (Lipinski definition) is 6. The Morgan fingerprint density at radius 3 is 2.55 bits per heavy atom. The summed E-state index contributed by atoms with van der Waals surface area (Å²) >= 11 is 0. The molecular formula is C20H19F3N2O4. The number of carbonyl (C=O) groups is 1. The van der Waals surface area contributed by atoms with Crippen molar-refractivity contribution in [1.29, 1.82) is 5.41 Å². The van der Waals surface area contributed by atoms with Crippen LogP contribution in [0.15, 0.2) is 53.7 Å². The smallest absolute Gasteiger partial charge is 0.391 e. The van der Waals surface area contributed by atoms with E-state index < -0.39 is 23.4 Å². The Kier molecular flexibility index (Phi) is 7.49. The zero-order chi connectivity index (χ0) is 21.4. The molecule has 0 amide bonds. The molecule has 9 heteroatoms. The van der Waals surface area contributed by atoms with Gasteiger partial charge < -0.3 is 4.84 Å². The van der Waals surface area contributed by atoms with Gasteiger partial charge in [0.05, 0.1) is 17.9 Å². The number of hydrogen-bond donors (Lipinski definition) is 1. The molecule has 0 aliphatic heterocycles. The maximum atomic E-state index is 12.8. The van der Waals surface area contributed by atoms with Gasteiger partial charge in [0.1, 0.15) is 6.61 Å². The van der Waals surface area contributed by atoms with Gasteiger partial charge in [0, 0.05) is 11.1 Å². The highest BCUT2D eigenvalue weighted by Gasteiger charge is 2.30. The largest absolute Gasteiger partial charge is 0.416 e. The van der Waals surface area contributed by atoms with Crippen molar-refractivity contribution in [1.82, 2.24) is 0 Å². The Balaban J connectivity index is 2.11. The zero-order valence-electron chi connectivity index (χ0n) is 15.7. The third-order valence-electron chi connectivity index (χ3n) is 3.77. The molecule has 0 heterocycles. The molecule has 154 valence electrons. The third kappa shape index (κ3) is 6.15. The molecular weight excluding hydrogens is 389 g/mol. The first-order valence-corrected chi connectivity index (χ1v) is 8.58. The summed E-state index contributed by atoms with van der Waals surface area (Å²) < 4.78 is 38.5. The number of nitrogens with zero attached hydrogens (tertiary/aromatic N) is 1. The Morgan fingerprint density at radius 2 is 1.86 bits per heavy atom. The van der Waals surface area contributed by atoms with Gasteiger partial charge in [0.25, 0.3) is 0 Å². The Labute approximate surface area is 165 Å². The maximum absolute atomic E-state index is 12.8. The van der Waals surface area contributed by atoms with Crippen LogP contribution in [0.4, 0.5) is 13.2 Å². The van der Waals surface area contributed by atoms with E-state index in [1.807, 2.05) is 0 Å². The first-order chi connectivity index (χ1) is 13.7.